The molecule has 1 aromatic heterocycles. The topological polar surface area (TPSA) is 70.6 Å². The van der Waals surface area contributed by atoms with Gasteiger partial charge in [0.1, 0.15) is 5.82 Å². The maximum Gasteiger partial charge on any atom is 0.227 e. The van der Waals surface area contributed by atoms with Crippen molar-refractivity contribution in [3.05, 3.63) is 53.8 Å². The second-order valence-corrected chi connectivity index (χ2v) is 10.5. The lowest BCUT2D eigenvalue weighted by Gasteiger charge is -2.34. The second kappa shape index (κ2) is 8.31. The number of hydrogen-bond donors (Lipinski definition) is 0. The molecule has 9 heteroatoms. The molecule has 6 nitrogen and oxygen atoms in total. The second-order valence-electron chi connectivity index (χ2n) is 7.20. The summed E-state index contributed by atoms with van der Waals surface area (Å²) >= 11 is 1.46. The zero-order valence-corrected chi connectivity index (χ0v) is 18.2. The van der Waals surface area contributed by atoms with Crippen LogP contribution in [0.25, 0.3) is 10.2 Å². The van der Waals surface area contributed by atoms with E-state index in [4.69, 9.17) is 0 Å². The standard InChI is InChI=1S/C21H22FN3O3S2/c1-2-30(27,28)17-6-3-15(4-7-17)13-20(26)24-9-11-25(12-10-24)21-23-18-8-5-16(22)14-19(18)29-21/h3-8,14H,2,9-13H2,1H3. The van der Waals surface area contributed by atoms with Gasteiger partial charge in [-0.15, -0.1) is 0 Å². The minimum atomic E-state index is -3.24. The maximum absolute atomic E-state index is 13.4. The van der Waals surface area contributed by atoms with Gasteiger partial charge in [-0.1, -0.05) is 30.4 Å². The van der Waals surface area contributed by atoms with Gasteiger partial charge in [-0.25, -0.2) is 17.8 Å². The van der Waals surface area contributed by atoms with Gasteiger partial charge in [0, 0.05) is 26.2 Å². The molecule has 1 fully saturated rings. The van der Waals surface area contributed by atoms with E-state index < -0.39 is 9.84 Å². The molecule has 0 aliphatic carbocycles. The summed E-state index contributed by atoms with van der Waals surface area (Å²) in [5.41, 5.74) is 1.58. The van der Waals surface area contributed by atoms with E-state index in [2.05, 4.69) is 9.88 Å². The van der Waals surface area contributed by atoms with Crippen LogP contribution in [-0.2, 0) is 21.1 Å². The quantitative estimate of drug-likeness (QED) is 0.601. The molecule has 0 spiro atoms. The Morgan fingerprint density at radius 1 is 1.10 bits per heavy atom. The molecule has 0 bridgehead atoms. The molecule has 1 aliphatic heterocycles. The monoisotopic (exact) mass is 447 g/mol. The highest BCUT2D eigenvalue weighted by Crippen LogP contribution is 2.30. The van der Waals surface area contributed by atoms with Gasteiger partial charge in [-0.3, -0.25) is 4.79 Å². The Hall–Kier alpha value is -2.52. The summed E-state index contributed by atoms with van der Waals surface area (Å²) in [6.45, 7) is 4.12. The van der Waals surface area contributed by atoms with Gasteiger partial charge in [0.05, 0.1) is 27.3 Å². The van der Waals surface area contributed by atoms with Gasteiger partial charge in [0.25, 0.3) is 0 Å². The molecule has 0 N–H and O–H groups in total. The fraction of sp³-hybridized carbons (Fsp3) is 0.333. The van der Waals surface area contributed by atoms with Crippen molar-refractivity contribution < 1.29 is 17.6 Å². The summed E-state index contributed by atoms with van der Waals surface area (Å²) in [6, 6.07) is 11.1. The van der Waals surface area contributed by atoms with Crippen LogP contribution in [0.1, 0.15) is 12.5 Å². The van der Waals surface area contributed by atoms with Crippen LogP contribution in [0.15, 0.2) is 47.4 Å². The van der Waals surface area contributed by atoms with Gasteiger partial charge in [-0.05, 0) is 35.9 Å². The van der Waals surface area contributed by atoms with Crippen LogP contribution in [-0.4, -0.2) is 56.1 Å². The molecule has 1 amide bonds. The molecule has 0 radical (unpaired) electrons. The van der Waals surface area contributed by atoms with Crippen molar-refractivity contribution in [1.82, 2.24) is 9.88 Å². The summed E-state index contributed by atoms with van der Waals surface area (Å²) in [7, 11) is -3.24. The first-order valence-electron chi connectivity index (χ1n) is 9.76. The van der Waals surface area contributed by atoms with Gasteiger partial charge >= 0.3 is 0 Å². The van der Waals surface area contributed by atoms with E-state index in [1.807, 2.05) is 4.90 Å². The van der Waals surface area contributed by atoms with Crippen molar-refractivity contribution in [2.45, 2.75) is 18.2 Å². The Bertz CT molecular complexity index is 1170. The largest absolute Gasteiger partial charge is 0.345 e. The summed E-state index contributed by atoms with van der Waals surface area (Å²) in [6.07, 6.45) is 0.243. The number of carbonyl (C=O) groups excluding carboxylic acids is 1. The third kappa shape index (κ3) is 4.32. The molecule has 30 heavy (non-hydrogen) atoms. The molecular formula is C21H22FN3O3S2. The molecule has 0 atom stereocenters. The molecule has 0 unspecified atom stereocenters. The fourth-order valence-corrected chi connectivity index (χ4v) is 5.36. The van der Waals surface area contributed by atoms with Crippen molar-refractivity contribution >= 4 is 42.4 Å². The molecule has 3 aromatic rings. The Morgan fingerprint density at radius 2 is 1.80 bits per heavy atom. The van der Waals surface area contributed by atoms with E-state index in [0.29, 0.717) is 26.2 Å². The van der Waals surface area contributed by atoms with Crippen molar-refractivity contribution in [1.29, 1.82) is 0 Å². The van der Waals surface area contributed by atoms with E-state index in [-0.39, 0.29) is 28.8 Å². The van der Waals surface area contributed by atoms with Crippen molar-refractivity contribution in [2.24, 2.45) is 0 Å². The van der Waals surface area contributed by atoms with Crippen LogP contribution in [0.4, 0.5) is 9.52 Å². The average molecular weight is 448 g/mol. The first-order chi connectivity index (χ1) is 14.4. The van der Waals surface area contributed by atoms with Gasteiger partial charge in [-0.2, -0.15) is 0 Å². The van der Waals surface area contributed by atoms with Crippen LogP contribution < -0.4 is 4.90 Å². The first-order valence-corrected chi connectivity index (χ1v) is 12.2. The predicted octanol–water partition coefficient (Wildman–Crippen LogP) is 3.12. The number of piperazine rings is 1. The number of amides is 1. The molecule has 158 valence electrons. The molecule has 4 rings (SSSR count). The average Bonchev–Trinajstić information content (AvgIpc) is 3.17. The SMILES string of the molecule is CCS(=O)(=O)c1ccc(CC(=O)N2CCN(c3nc4ccc(F)cc4s3)CC2)cc1. The summed E-state index contributed by atoms with van der Waals surface area (Å²) in [4.78, 5) is 21.5. The highest BCUT2D eigenvalue weighted by Gasteiger charge is 2.23. The fourth-order valence-electron chi connectivity index (χ4n) is 3.44. The maximum atomic E-state index is 13.4. The number of sulfone groups is 1. The van der Waals surface area contributed by atoms with Gasteiger partial charge in [0.15, 0.2) is 15.0 Å². The highest BCUT2D eigenvalue weighted by atomic mass is 32.2. The molecule has 2 aromatic carbocycles. The van der Waals surface area contributed by atoms with Crippen LogP contribution in [0, 0.1) is 5.82 Å². The number of rotatable bonds is 5. The number of anilines is 1. The third-order valence-electron chi connectivity index (χ3n) is 5.26. The summed E-state index contributed by atoms with van der Waals surface area (Å²) < 4.78 is 38.0. The van der Waals surface area contributed by atoms with Crippen molar-refractivity contribution in [2.75, 3.05) is 36.8 Å². The molecule has 1 aliphatic rings. The van der Waals surface area contributed by atoms with E-state index in [1.165, 1.54) is 23.5 Å². The Balaban J connectivity index is 1.36. The lowest BCUT2D eigenvalue weighted by Crippen LogP contribution is -2.49. The third-order valence-corrected chi connectivity index (χ3v) is 8.09. The normalized spacial score (nSPS) is 15.0. The number of aromatic nitrogens is 1. The van der Waals surface area contributed by atoms with E-state index in [1.54, 1.807) is 37.3 Å². The van der Waals surface area contributed by atoms with Crippen LogP contribution in [0.5, 0.6) is 0 Å². The van der Waals surface area contributed by atoms with Crippen LogP contribution >= 0.6 is 11.3 Å². The molecule has 0 saturated carbocycles. The number of nitrogens with zero attached hydrogens (tertiary/aromatic N) is 3. The minimum Gasteiger partial charge on any atom is -0.345 e. The molecular weight excluding hydrogens is 425 g/mol. The number of halogens is 1. The highest BCUT2D eigenvalue weighted by molar-refractivity contribution is 7.91. The summed E-state index contributed by atoms with van der Waals surface area (Å²) in [5.74, 6) is -0.195. The van der Waals surface area contributed by atoms with Gasteiger partial charge < -0.3 is 9.80 Å². The number of carbonyl (C=O) groups is 1. The molecule has 1 saturated heterocycles. The van der Waals surface area contributed by atoms with Crippen LogP contribution in [0.2, 0.25) is 0 Å². The number of hydrogen-bond acceptors (Lipinski definition) is 6. The van der Waals surface area contributed by atoms with Gasteiger partial charge in [0.2, 0.25) is 5.91 Å². The number of benzene rings is 2. The van der Waals surface area contributed by atoms with Crippen LogP contribution in [0.3, 0.4) is 0 Å². The summed E-state index contributed by atoms with van der Waals surface area (Å²) in [5, 5.41) is 0.843. The Kier molecular flexibility index (Phi) is 5.75. The molecule has 2 heterocycles. The Morgan fingerprint density at radius 3 is 2.47 bits per heavy atom. The first kappa shape index (κ1) is 20.7. The van der Waals surface area contributed by atoms with E-state index >= 15 is 0 Å². The smallest absolute Gasteiger partial charge is 0.227 e. The minimum absolute atomic E-state index is 0.0205. The lowest BCUT2D eigenvalue weighted by molar-refractivity contribution is -0.130. The zero-order chi connectivity index (χ0) is 21.3. The van der Waals surface area contributed by atoms with Crippen molar-refractivity contribution in [3.63, 3.8) is 0 Å². The van der Waals surface area contributed by atoms with E-state index in [0.717, 1.165) is 20.9 Å². The lowest BCUT2D eigenvalue weighted by atomic mass is 10.1. The van der Waals surface area contributed by atoms with Crippen molar-refractivity contribution in [3.8, 4) is 0 Å². The number of fused-ring (bicyclic) bond motifs is 1. The Labute approximate surface area is 178 Å². The number of thiazole rings is 1. The zero-order valence-electron chi connectivity index (χ0n) is 16.5. The predicted molar refractivity (Wildman–Crippen MR) is 116 cm³/mol. The van der Waals surface area contributed by atoms with E-state index in [9.17, 15) is 17.6 Å².